The maximum absolute atomic E-state index is 12.2. The number of carbonyl (C=O) groups excluding carboxylic acids is 2. The van der Waals surface area contributed by atoms with Gasteiger partial charge in [-0.25, -0.2) is 13.2 Å². The fraction of sp³-hybridized carbons (Fsp3) is 0.222. The number of ether oxygens (including phenoxy) is 1. The number of halogens is 1. The summed E-state index contributed by atoms with van der Waals surface area (Å²) in [6.07, 6.45) is 0.993. The highest BCUT2D eigenvalue weighted by Gasteiger charge is 2.18. The Hall–Kier alpha value is -2.18. The molecule has 5 nitrogen and oxygen atoms in total. The van der Waals surface area contributed by atoms with E-state index < -0.39 is 22.4 Å². The van der Waals surface area contributed by atoms with Crippen LogP contribution in [-0.4, -0.2) is 33.0 Å². The average molecular weight is 381 g/mol. The molecule has 25 heavy (non-hydrogen) atoms. The monoisotopic (exact) mass is 380 g/mol. The summed E-state index contributed by atoms with van der Waals surface area (Å²) >= 11 is 5.84. The number of carbonyl (C=O) groups is 2. The number of aryl methyl sites for hydroxylation is 2. The molecule has 0 aliphatic heterocycles. The van der Waals surface area contributed by atoms with Crippen LogP contribution in [0.3, 0.4) is 0 Å². The zero-order chi connectivity index (χ0) is 18.8. The largest absolute Gasteiger partial charge is 0.454 e. The van der Waals surface area contributed by atoms with Gasteiger partial charge >= 0.3 is 5.97 Å². The van der Waals surface area contributed by atoms with Crippen LogP contribution in [0.5, 0.6) is 0 Å². The van der Waals surface area contributed by atoms with E-state index in [2.05, 4.69) is 0 Å². The van der Waals surface area contributed by atoms with E-state index >= 15 is 0 Å². The van der Waals surface area contributed by atoms with Crippen molar-refractivity contribution < 1.29 is 22.7 Å². The molecule has 2 aromatic carbocycles. The number of esters is 1. The molecule has 0 aliphatic rings. The Bertz CT molecular complexity index is 948. The van der Waals surface area contributed by atoms with Crippen LogP contribution in [0.15, 0.2) is 41.3 Å². The Morgan fingerprint density at radius 2 is 1.76 bits per heavy atom. The molecule has 0 N–H and O–H groups in total. The standard InChI is InChI=1S/C18H17ClO5S/c1-11-4-5-12(2)14(8-11)16(20)10-24-18(21)13-6-7-15(19)17(9-13)25(3,22)23/h4-9H,10H2,1-3H3. The summed E-state index contributed by atoms with van der Waals surface area (Å²) in [5, 5.41) is 0.0190. The van der Waals surface area contributed by atoms with Gasteiger partial charge in [-0.3, -0.25) is 4.79 Å². The van der Waals surface area contributed by atoms with E-state index in [1.807, 2.05) is 19.1 Å². The molecule has 132 valence electrons. The van der Waals surface area contributed by atoms with Crippen molar-refractivity contribution in [3.8, 4) is 0 Å². The summed E-state index contributed by atoms with van der Waals surface area (Å²) in [6, 6.07) is 9.24. The molecule has 0 aromatic heterocycles. The van der Waals surface area contributed by atoms with E-state index in [-0.39, 0.29) is 21.3 Å². The van der Waals surface area contributed by atoms with Gasteiger partial charge in [0.25, 0.3) is 0 Å². The van der Waals surface area contributed by atoms with E-state index in [1.165, 1.54) is 12.1 Å². The van der Waals surface area contributed by atoms with E-state index in [1.54, 1.807) is 13.0 Å². The van der Waals surface area contributed by atoms with Gasteiger partial charge in [0.2, 0.25) is 5.78 Å². The third kappa shape index (κ3) is 4.67. The summed E-state index contributed by atoms with van der Waals surface area (Å²) in [5.41, 5.74) is 2.22. The molecule has 2 rings (SSSR count). The van der Waals surface area contributed by atoms with Gasteiger partial charge in [-0.1, -0.05) is 29.3 Å². The van der Waals surface area contributed by atoms with Gasteiger partial charge in [-0.15, -0.1) is 0 Å². The van der Waals surface area contributed by atoms with Gasteiger partial charge in [-0.2, -0.15) is 0 Å². The van der Waals surface area contributed by atoms with Crippen LogP contribution >= 0.6 is 11.6 Å². The normalized spacial score (nSPS) is 11.2. The number of hydrogen-bond donors (Lipinski definition) is 0. The van der Waals surface area contributed by atoms with E-state index in [0.29, 0.717) is 5.56 Å². The van der Waals surface area contributed by atoms with E-state index in [4.69, 9.17) is 16.3 Å². The maximum Gasteiger partial charge on any atom is 0.338 e. The lowest BCUT2D eigenvalue weighted by molar-refractivity contribution is 0.0474. The lowest BCUT2D eigenvalue weighted by atomic mass is 10.0. The Morgan fingerprint density at radius 1 is 1.08 bits per heavy atom. The van der Waals surface area contributed by atoms with Crippen molar-refractivity contribution in [3.05, 3.63) is 63.7 Å². The Kier molecular flexibility index (Phi) is 5.65. The van der Waals surface area contributed by atoms with Crippen LogP contribution in [0, 0.1) is 13.8 Å². The topological polar surface area (TPSA) is 77.5 Å². The first-order valence-electron chi connectivity index (χ1n) is 7.37. The molecule has 0 radical (unpaired) electrons. The molecule has 0 atom stereocenters. The molecule has 0 saturated heterocycles. The zero-order valence-electron chi connectivity index (χ0n) is 14.0. The molecule has 0 fully saturated rings. The van der Waals surface area contributed by atoms with Crippen LogP contribution in [0.4, 0.5) is 0 Å². The molecule has 0 amide bonds. The first-order valence-corrected chi connectivity index (χ1v) is 9.63. The zero-order valence-corrected chi connectivity index (χ0v) is 15.6. The maximum atomic E-state index is 12.2. The summed E-state index contributed by atoms with van der Waals surface area (Å²) in [6.45, 7) is 3.23. The fourth-order valence-corrected chi connectivity index (χ4v) is 3.54. The van der Waals surface area contributed by atoms with Gasteiger partial charge < -0.3 is 4.74 Å². The van der Waals surface area contributed by atoms with E-state index in [0.717, 1.165) is 23.4 Å². The number of Topliss-reactive ketones (excluding diaryl/α,β-unsaturated/α-hetero) is 1. The van der Waals surface area contributed by atoms with Gasteiger partial charge in [-0.05, 0) is 43.7 Å². The highest BCUT2D eigenvalue weighted by molar-refractivity contribution is 7.90. The number of rotatable bonds is 5. The van der Waals surface area contributed by atoms with Gasteiger partial charge in [0.05, 0.1) is 15.5 Å². The molecule has 0 heterocycles. The van der Waals surface area contributed by atoms with Crippen molar-refractivity contribution in [3.63, 3.8) is 0 Å². The van der Waals surface area contributed by atoms with Crippen LogP contribution in [0.2, 0.25) is 5.02 Å². The minimum atomic E-state index is -3.58. The number of ketones is 1. The third-order valence-electron chi connectivity index (χ3n) is 3.59. The van der Waals surface area contributed by atoms with Crippen molar-refractivity contribution in [1.82, 2.24) is 0 Å². The molecule has 0 unspecified atom stereocenters. The van der Waals surface area contributed by atoms with Gasteiger partial charge in [0.1, 0.15) is 0 Å². The highest BCUT2D eigenvalue weighted by atomic mass is 35.5. The molecule has 7 heteroatoms. The fourth-order valence-electron chi connectivity index (χ4n) is 2.24. The molecule has 2 aromatic rings. The summed E-state index contributed by atoms with van der Waals surface area (Å²) in [5.74, 6) is -1.12. The minimum absolute atomic E-state index is 0.0126. The second-order valence-corrected chi connectivity index (χ2v) is 8.13. The van der Waals surface area contributed by atoms with Crippen LogP contribution in [0.1, 0.15) is 31.8 Å². The molecular weight excluding hydrogens is 364 g/mol. The van der Waals surface area contributed by atoms with Crippen molar-refractivity contribution in [1.29, 1.82) is 0 Å². The molecule has 0 spiro atoms. The second kappa shape index (κ2) is 7.37. The first kappa shape index (κ1) is 19.1. The van der Waals surface area contributed by atoms with Crippen LogP contribution in [-0.2, 0) is 14.6 Å². The number of sulfone groups is 1. The highest BCUT2D eigenvalue weighted by Crippen LogP contribution is 2.23. The first-order chi connectivity index (χ1) is 11.6. The van der Waals surface area contributed by atoms with Gasteiger partial charge in [0, 0.05) is 11.8 Å². The quantitative estimate of drug-likeness (QED) is 0.586. The summed E-state index contributed by atoms with van der Waals surface area (Å²) in [7, 11) is -3.58. The summed E-state index contributed by atoms with van der Waals surface area (Å²) in [4.78, 5) is 24.2. The van der Waals surface area contributed by atoms with Crippen molar-refractivity contribution >= 4 is 33.2 Å². The van der Waals surface area contributed by atoms with Crippen molar-refractivity contribution in [2.75, 3.05) is 12.9 Å². The SMILES string of the molecule is Cc1ccc(C)c(C(=O)COC(=O)c2ccc(Cl)c(S(C)(=O)=O)c2)c1. The lowest BCUT2D eigenvalue weighted by Gasteiger charge is -2.09. The predicted octanol–water partition coefficient (Wildman–Crippen LogP) is 3.40. The van der Waals surface area contributed by atoms with Gasteiger partial charge in [0.15, 0.2) is 16.4 Å². The lowest BCUT2D eigenvalue weighted by Crippen LogP contribution is -2.15. The second-order valence-electron chi connectivity index (χ2n) is 5.74. The van der Waals surface area contributed by atoms with E-state index in [9.17, 15) is 18.0 Å². The molecule has 0 saturated carbocycles. The molecule has 0 aliphatic carbocycles. The Balaban J connectivity index is 2.15. The number of benzene rings is 2. The van der Waals surface area contributed by atoms with Crippen molar-refractivity contribution in [2.45, 2.75) is 18.7 Å². The van der Waals surface area contributed by atoms with Crippen LogP contribution < -0.4 is 0 Å². The Morgan fingerprint density at radius 3 is 2.40 bits per heavy atom. The predicted molar refractivity (Wildman–Crippen MR) is 95.1 cm³/mol. The smallest absolute Gasteiger partial charge is 0.338 e. The minimum Gasteiger partial charge on any atom is -0.454 e. The van der Waals surface area contributed by atoms with Crippen molar-refractivity contribution in [2.24, 2.45) is 0 Å². The molecule has 0 bridgehead atoms. The Labute approximate surface area is 151 Å². The summed E-state index contributed by atoms with van der Waals surface area (Å²) < 4.78 is 28.3. The van der Waals surface area contributed by atoms with Crippen LogP contribution in [0.25, 0.3) is 0 Å². The molecular formula is C18H17ClO5S. The average Bonchev–Trinajstić information content (AvgIpc) is 2.53. The number of hydrogen-bond acceptors (Lipinski definition) is 5. The third-order valence-corrected chi connectivity index (χ3v) is 5.17.